The summed E-state index contributed by atoms with van der Waals surface area (Å²) in [5, 5.41) is 8.47. The van der Waals surface area contributed by atoms with E-state index < -0.39 is 5.91 Å². The Morgan fingerprint density at radius 1 is 1.40 bits per heavy atom. The van der Waals surface area contributed by atoms with Crippen LogP contribution in [0.2, 0.25) is 0 Å². The molecular formula is C13H14N4O3. The zero-order chi connectivity index (χ0) is 14.5. The number of nitrogen functional groups attached to an aromatic ring is 1. The van der Waals surface area contributed by atoms with Crippen molar-refractivity contribution in [1.29, 1.82) is 0 Å². The number of carbonyl (C=O) groups excluding carboxylic acids is 1. The van der Waals surface area contributed by atoms with E-state index in [4.69, 9.17) is 10.5 Å². The quantitative estimate of drug-likeness (QED) is 0.720. The average Bonchev–Trinajstić information content (AvgIpc) is 2.42. The third-order valence-corrected chi connectivity index (χ3v) is 2.51. The van der Waals surface area contributed by atoms with Crippen molar-refractivity contribution in [3.63, 3.8) is 0 Å². The predicted octanol–water partition coefficient (Wildman–Crippen LogP) is 1.00. The molecule has 0 aliphatic carbocycles. The van der Waals surface area contributed by atoms with Crippen LogP contribution >= 0.6 is 0 Å². The Morgan fingerprint density at radius 2 is 2.20 bits per heavy atom. The fraction of sp³-hybridized carbons (Fsp3) is 0.154. The summed E-state index contributed by atoms with van der Waals surface area (Å²) in [6.45, 7) is 2.23. The highest BCUT2D eigenvalue weighted by Gasteiger charge is 2.16. The van der Waals surface area contributed by atoms with E-state index in [0.29, 0.717) is 18.0 Å². The second kappa shape index (κ2) is 5.87. The molecule has 1 aromatic carbocycles. The molecule has 1 heterocycles. The molecule has 7 heteroatoms. The number of carbonyl (C=O) groups is 1. The topological polar surface area (TPSA) is 110 Å². The number of aromatic nitrogens is 2. The van der Waals surface area contributed by atoms with E-state index in [2.05, 4.69) is 15.5 Å². The standard InChI is InChI=1S/C13H14N4O3/c1-2-20-9-5-3-4-8(14)12(9)13(19)15-10-6-7-11(18)17-16-10/h3-7H,2,14H2,1H3,(H,17,18)(H,15,16,19). The van der Waals surface area contributed by atoms with Crippen molar-refractivity contribution < 1.29 is 9.53 Å². The molecule has 0 aliphatic heterocycles. The van der Waals surface area contributed by atoms with Crippen LogP contribution in [0.4, 0.5) is 11.5 Å². The van der Waals surface area contributed by atoms with Gasteiger partial charge < -0.3 is 15.8 Å². The first kappa shape index (κ1) is 13.6. The van der Waals surface area contributed by atoms with Crippen LogP contribution in [0.1, 0.15) is 17.3 Å². The molecule has 0 unspecified atom stereocenters. The Balaban J connectivity index is 2.29. The third kappa shape index (κ3) is 2.94. The molecule has 0 radical (unpaired) electrons. The molecule has 20 heavy (non-hydrogen) atoms. The Kier molecular flexibility index (Phi) is 3.99. The van der Waals surface area contributed by atoms with E-state index in [0.717, 1.165) is 0 Å². The molecule has 0 saturated heterocycles. The second-order valence-corrected chi connectivity index (χ2v) is 3.91. The normalized spacial score (nSPS) is 10.1. The van der Waals surface area contributed by atoms with Gasteiger partial charge in [0.2, 0.25) is 0 Å². The summed E-state index contributed by atoms with van der Waals surface area (Å²) in [6.07, 6.45) is 0. The number of ether oxygens (including phenoxy) is 1. The van der Waals surface area contributed by atoms with Gasteiger partial charge in [-0.1, -0.05) is 6.07 Å². The van der Waals surface area contributed by atoms with Crippen LogP contribution in [0.3, 0.4) is 0 Å². The smallest absolute Gasteiger partial charge is 0.264 e. The minimum atomic E-state index is -0.453. The number of hydrogen-bond donors (Lipinski definition) is 3. The number of anilines is 2. The van der Waals surface area contributed by atoms with Gasteiger partial charge in [-0.15, -0.1) is 0 Å². The highest BCUT2D eigenvalue weighted by Crippen LogP contribution is 2.25. The molecule has 0 spiro atoms. The van der Waals surface area contributed by atoms with E-state index >= 15 is 0 Å². The van der Waals surface area contributed by atoms with Gasteiger partial charge in [0.05, 0.1) is 6.61 Å². The fourth-order valence-electron chi connectivity index (χ4n) is 1.66. The number of H-pyrrole nitrogens is 1. The largest absolute Gasteiger partial charge is 0.493 e. The summed E-state index contributed by atoms with van der Waals surface area (Å²) in [5.41, 5.74) is 6.00. The molecule has 0 bridgehead atoms. The molecule has 1 aromatic heterocycles. The fourth-order valence-corrected chi connectivity index (χ4v) is 1.66. The van der Waals surface area contributed by atoms with Crippen molar-refractivity contribution in [2.45, 2.75) is 6.92 Å². The average molecular weight is 274 g/mol. The molecule has 7 nitrogen and oxygen atoms in total. The van der Waals surface area contributed by atoms with Crippen molar-refractivity contribution in [3.05, 3.63) is 46.2 Å². The van der Waals surface area contributed by atoms with E-state index in [-0.39, 0.29) is 16.9 Å². The van der Waals surface area contributed by atoms with Crippen LogP contribution < -0.4 is 21.3 Å². The van der Waals surface area contributed by atoms with E-state index in [9.17, 15) is 9.59 Å². The second-order valence-electron chi connectivity index (χ2n) is 3.91. The van der Waals surface area contributed by atoms with Gasteiger partial charge in [0, 0.05) is 11.8 Å². The molecule has 4 N–H and O–H groups in total. The van der Waals surface area contributed by atoms with Crippen LogP contribution in [-0.2, 0) is 0 Å². The Hall–Kier alpha value is -2.83. The molecule has 2 aromatic rings. The van der Waals surface area contributed by atoms with Crippen LogP contribution in [0.15, 0.2) is 35.1 Å². The minimum Gasteiger partial charge on any atom is -0.493 e. The predicted molar refractivity (Wildman–Crippen MR) is 74.8 cm³/mol. The van der Waals surface area contributed by atoms with Crippen molar-refractivity contribution in [2.75, 3.05) is 17.7 Å². The van der Waals surface area contributed by atoms with E-state index in [1.807, 2.05) is 6.92 Å². The van der Waals surface area contributed by atoms with Gasteiger partial charge in [-0.25, -0.2) is 5.10 Å². The number of benzene rings is 1. The molecule has 0 atom stereocenters. The summed E-state index contributed by atoms with van der Waals surface area (Å²) in [4.78, 5) is 23.1. The van der Waals surface area contributed by atoms with Gasteiger partial charge >= 0.3 is 0 Å². The van der Waals surface area contributed by atoms with Gasteiger partial charge in [0.15, 0.2) is 5.82 Å². The molecular weight excluding hydrogens is 260 g/mol. The maximum Gasteiger partial charge on any atom is 0.264 e. The van der Waals surface area contributed by atoms with Gasteiger partial charge in [0.25, 0.3) is 11.5 Å². The molecule has 0 saturated carbocycles. The summed E-state index contributed by atoms with van der Waals surface area (Å²) in [5.74, 6) is 0.167. The first-order chi connectivity index (χ1) is 9.61. The Labute approximate surface area is 114 Å². The lowest BCUT2D eigenvalue weighted by Crippen LogP contribution is -2.18. The van der Waals surface area contributed by atoms with E-state index in [1.165, 1.54) is 12.1 Å². The lowest BCUT2D eigenvalue weighted by Gasteiger charge is -2.12. The van der Waals surface area contributed by atoms with Gasteiger partial charge in [-0.05, 0) is 25.1 Å². The highest BCUT2D eigenvalue weighted by molar-refractivity contribution is 6.09. The molecule has 0 fully saturated rings. The minimum absolute atomic E-state index is 0.223. The van der Waals surface area contributed by atoms with Gasteiger partial charge in [-0.2, -0.15) is 5.10 Å². The highest BCUT2D eigenvalue weighted by atomic mass is 16.5. The first-order valence-corrected chi connectivity index (χ1v) is 6.00. The number of rotatable bonds is 4. The van der Waals surface area contributed by atoms with Gasteiger partial charge in [-0.3, -0.25) is 9.59 Å². The lowest BCUT2D eigenvalue weighted by molar-refractivity contribution is 0.102. The summed E-state index contributed by atoms with van der Waals surface area (Å²) in [7, 11) is 0. The number of amides is 1. The van der Waals surface area contributed by atoms with Crippen molar-refractivity contribution >= 4 is 17.4 Å². The maximum atomic E-state index is 12.2. The van der Waals surface area contributed by atoms with Crippen molar-refractivity contribution in [2.24, 2.45) is 0 Å². The Bertz CT molecular complexity index is 661. The molecule has 104 valence electrons. The molecule has 0 aliphatic rings. The number of nitrogens with two attached hydrogens (primary N) is 1. The zero-order valence-electron chi connectivity index (χ0n) is 10.8. The number of nitrogens with one attached hydrogen (secondary N) is 2. The zero-order valence-corrected chi connectivity index (χ0v) is 10.8. The van der Waals surface area contributed by atoms with Crippen molar-refractivity contribution in [1.82, 2.24) is 10.2 Å². The van der Waals surface area contributed by atoms with Crippen LogP contribution in [0, 0.1) is 0 Å². The van der Waals surface area contributed by atoms with Crippen LogP contribution in [-0.4, -0.2) is 22.7 Å². The third-order valence-electron chi connectivity index (χ3n) is 2.51. The lowest BCUT2D eigenvalue weighted by atomic mass is 10.1. The number of nitrogens with zero attached hydrogens (tertiary/aromatic N) is 1. The number of hydrogen-bond acceptors (Lipinski definition) is 5. The summed E-state index contributed by atoms with van der Waals surface area (Å²) < 4.78 is 5.38. The number of aromatic amines is 1. The monoisotopic (exact) mass is 274 g/mol. The summed E-state index contributed by atoms with van der Waals surface area (Å²) in [6, 6.07) is 7.64. The first-order valence-electron chi connectivity index (χ1n) is 6.00. The van der Waals surface area contributed by atoms with E-state index in [1.54, 1.807) is 18.2 Å². The SMILES string of the molecule is CCOc1cccc(N)c1C(=O)Nc1ccc(=O)[nH]n1. The molecule has 1 amide bonds. The van der Waals surface area contributed by atoms with Crippen LogP contribution in [0.5, 0.6) is 5.75 Å². The van der Waals surface area contributed by atoms with Crippen LogP contribution in [0.25, 0.3) is 0 Å². The van der Waals surface area contributed by atoms with Crippen molar-refractivity contribution in [3.8, 4) is 5.75 Å². The summed E-state index contributed by atoms with van der Waals surface area (Å²) >= 11 is 0. The molecule has 2 rings (SSSR count). The van der Waals surface area contributed by atoms with Gasteiger partial charge in [0.1, 0.15) is 11.3 Å². The Morgan fingerprint density at radius 3 is 2.85 bits per heavy atom. The maximum absolute atomic E-state index is 12.2.